The average molecular weight is 363 g/mol. The van der Waals surface area contributed by atoms with E-state index in [1.807, 2.05) is 13.1 Å². The van der Waals surface area contributed by atoms with Crippen LogP contribution in [-0.2, 0) is 27.9 Å². The lowest BCUT2D eigenvalue weighted by atomic mass is 10.1. The molecular formula is C17H18FN3O3S. The lowest BCUT2D eigenvalue weighted by Crippen LogP contribution is -2.16. The first-order valence-corrected chi connectivity index (χ1v) is 9.14. The van der Waals surface area contributed by atoms with Crippen molar-refractivity contribution in [3.8, 4) is 0 Å². The van der Waals surface area contributed by atoms with E-state index >= 15 is 0 Å². The second-order valence-electron chi connectivity index (χ2n) is 6.04. The van der Waals surface area contributed by atoms with E-state index in [2.05, 4.69) is 14.9 Å². The molecule has 0 aliphatic carbocycles. The van der Waals surface area contributed by atoms with Gasteiger partial charge in [-0.2, -0.15) is 0 Å². The Morgan fingerprint density at radius 2 is 1.92 bits per heavy atom. The van der Waals surface area contributed by atoms with Crippen molar-refractivity contribution in [3.05, 3.63) is 53.3 Å². The number of nitrogens with zero attached hydrogens (tertiary/aromatic N) is 1. The smallest absolute Gasteiger partial charge is 0.261 e. The number of hydrogen-bond donors (Lipinski definition) is 2. The molecule has 0 saturated carbocycles. The Morgan fingerprint density at radius 3 is 2.64 bits per heavy atom. The molecule has 0 spiro atoms. The molecule has 0 aromatic heterocycles. The Hall–Kier alpha value is -2.45. The van der Waals surface area contributed by atoms with Crippen LogP contribution in [0.25, 0.3) is 0 Å². The Balaban J connectivity index is 1.94. The molecule has 0 unspecified atom stereocenters. The van der Waals surface area contributed by atoms with Crippen LogP contribution in [0, 0.1) is 5.82 Å². The number of halogens is 1. The maximum atomic E-state index is 13.7. The molecule has 8 heteroatoms. The first-order valence-electron chi connectivity index (χ1n) is 7.65. The summed E-state index contributed by atoms with van der Waals surface area (Å²) in [6, 6.07) is 8.75. The van der Waals surface area contributed by atoms with E-state index in [1.165, 1.54) is 6.92 Å². The normalized spacial score (nSPS) is 14.2. The van der Waals surface area contributed by atoms with E-state index < -0.39 is 21.7 Å². The highest BCUT2D eigenvalue weighted by Gasteiger charge is 2.23. The molecule has 1 aliphatic rings. The second-order valence-corrected chi connectivity index (χ2v) is 7.73. The van der Waals surface area contributed by atoms with Crippen LogP contribution in [0.4, 0.5) is 15.8 Å². The molecule has 2 N–H and O–H groups in total. The third kappa shape index (κ3) is 3.64. The van der Waals surface area contributed by atoms with Crippen molar-refractivity contribution < 1.29 is 17.6 Å². The van der Waals surface area contributed by atoms with E-state index in [1.54, 1.807) is 12.1 Å². The summed E-state index contributed by atoms with van der Waals surface area (Å²) >= 11 is 0. The number of amides is 1. The van der Waals surface area contributed by atoms with Crippen LogP contribution < -0.4 is 10.0 Å². The van der Waals surface area contributed by atoms with Crippen LogP contribution in [0.15, 0.2) is 41.3 Å². The fourth-order valence-electron chi connectivity index (χ4n) is 2.84. The van der Waals surface area contributed by atoms with Crippen LogP contribution in [0.2, 0.25) is 0 Å². The molecule has 0 bridgehead atoms. The molecule has 0 saturated heterocycles. The van der Waals surface area contributed by atoms with Crippen LogP contribution in [-0.4, -0.2) is 26.3 Å². The number of sulfonamides is 1. The van der Waals surface area contributed by atoms with Gasteiger partial charge in [0.05, 0.1) is 16.3 Å². The lowest BCUT2D eigenvalue weighted by Gasteiger charge is -2.13. The third-order valence-corrected chi connectivity index (χ3v) is 5.31. The zero-order valence-electron chi connectivity index (χ0n) is 13.8. The van der Waals surface area contributed by atoms with Gasteiger partial charge in [0.2, 0.25) is 5.91 Å². The predicted octanol–water partition coefficient (Wildman–Crippen LogP) is 2.53. The number of fused-ring (bicyclic) bond motifs is 1. The SMILES string of the molecule is CC(=O)Nc1cc(S(=O)(=O)Nc2cccc3c2CN(C)C3)ccc1F. The summed E-state index contributed by atoms with van der Waals surface area (Å²) in [6.45, 7) is 2.63. The van der Waals surface area contributed by atoms with Crippen LogP contribution in [0.3, 0.4) is 0 Å². The first-order chi connectivity index (χ1) is 11.8. The minimum Gasteiger partial charge on any atom is -0.324 e. The van der Waals surface area contributed by atoms with E-state index in [4.69, 9.17) is 0 Å². The van der Waals surface area contributed by atoms with Gasteiger partial charge in [0.1, 0.15) is 5.82 Å². The average Bonchev–Trinajstić information content (AvgIpc) is 2.90. The Kier molecular flexibility index (Phi) is 4.49. The van der Waals surface area contributed by atoms with Crippen LogP contribution in [0.1, 0.15) is 18.1 Å². The fourth-order valence-corrected chi connectivity index (χ4v) is 3.96. The van der Waals surface area contributed by atoms with E-state index in [0.717, 1.165) is 35.9 Å². The molecule has 2 aromatic carbocycles. The highest BCUT2D eigenvalue weighted by Crippen LogP contribution is 2.30. The summed E-state index contributed by atoms with van der Waals surface area (Å²) in [6.07, 6.45) is 0. The zero-order chi connectivity index (χ0) is 18.2. The van der Waals surface area contributed by atoms with Gasteiger partial charge in [-0.3, -0.25) is 14.4 Å². The number of nitrogens with one attached hydrogen (secondary N) is 2. The monoisotopic (exact) mass is 363 g/mol. The van der Waals surface area contributed by atoms with Gasteiger partial charge in [-0.05, 0) is 42.4 Å². The highest BCUT2D eigenvalue weighted by atomic mass is 32.2. The van der Waals surface area contributed by atoms with Gasteiger partial charge in [-0.15, -0.1) is 0 Å². The van der Waals surface area contributed by atoms with Crippen molar-refractivity contribution in [3.63, 3.8) is 0 Å². The minimum absolute atomic E-state index is 0.124. The van der Waals surface area contributed by atoms with Gasteiger partial charge in [0, 0.05) is 20.0 Å². The number of carbonyl (C=O) groups is 1. The number of carbonyl (C=O) groups excluding carboxylic acids is 1. The van der Waals surface area contributed by atoms with Crippen molar-refractivity contribution in [2.45, 2.75) is 24.9 Å². The Labute approximate surface area is 145 Å². The topological polar surface area (TPSA) is 78.5 Å². The van der Waals surface area contributed by atoms with E-state index in [0.29, 0.717) is 12.2 Å². The first kappa shape index (κ1) is 17.4. The van der Waals surface area contributed by atoms with Crippen molar-refractivity contribution in [1.82, 2.24) is 4.90 Å². The quantitative estimate of drug-likeness (QED) is 0.875. The molecule has 1 aliphatic heterocycles. The van der Waals surface area contributed by atoms with Gasteiger partial charge in [0.15, 0.2) is 0 Å². The number of hydrogen-bond acceptors (Lipinski definition) is 4. The van der Waals surface area contributed by atoms with Crippen molar-refractivity contribution >= 4 is 27.3 Å². The maximum absolute atomic E-state index is 13.7. The fraction of sp³-hybridized carbons (Fsp3) is 0.235. The lowest BCUT2D eigenvalue weighted by molar-refractivity contribution is -0.114. The molecule has 132 valence electrons. The van der Waals surface area contributed by atoms with Crippen molar-refractivity contribution in [1.29, 1.82) is 0 Å². The number of benzene rings is 2. The molecule has 0 fully saturated rings. The highest BCUT2D eigenvalue weighted by molar-refractivity contribution is 7.92. The van der Waals surface area contributed by atoms with Gasteiger partial charge >= 0.3 is 0 Å². The summed E-state index contributed by atoms with van der Waals surface area (Å²) < 4.78 is 41.6. The molecule has 6 nitrogen and oxygen atoms in total. The van der Waals surface area contributed by atoms with Gasteiger partial charge in [0.25, 0.3) is 10.0 Å². The molecule has 1 amide bonds. The summed E-state index contributed by atoms with van der Waals surface area (Å²) in [5.74, 6) is -1.18. The molecule has 0 atom stereocenters. The second kappa shape index (κ2) is 6.45. The Morgan fingerprint density at radius 1 is 1.16 bits per heavy atom. The van der Waals surface area contributed by atoms with Crippen molar-refractivity contribution in [2.24, 2.45) is 0 Å². The summed E-state index contributed by atoms with van der Waals surface area (Å²) in [7, 11) is -1.96. The molecule has 3 rings (SSSR count). The van der Waals surface area contributed by atoms with Crippen LogP contribution >= 0.6 is 0 Å². The van der Waals surface area contributed by atoms with Crippen LogP contribution in [0.5, 0.6) is 0 Å². The standard InChI is InChI=1S/C17H18FN3O3S/c1-11(22)19-17-8-13(6-7-15(17)18)25(23,24)20-16-5-3-4-12-9-21(2)10-14(12)16/h3-8,20H,9-10H2,1-2H3,(H,19,22). The summed E-state index contributed by atoms with van der Waals surface area (Å²) in [4.78, 5) is 13.1. The van der Waals surface area contributed by atoms with Gasteiger partial charge in [-0.1, -0.05) is 12.1 Å². The molecule has 1 heterocycles. The maximum Gasteiger partial charge on any atom is 0.261 e. The Bertz CT molecular complexity index is 944. The molecule has 25 heavy (non-hydrogen) atoms. The largest absolute Gasteiger partial charge is 0.324 e. The predicted molar refractivity (Wildman–Crippen MR) is 93.1 cm³/mol. The van der Waals surface area contributed by atoms with E-state index in [-0.39, 0.29) is 10.6 Å². The van der Waals surface area contributed by atoms with Gasteiger partial charge < -0.3 is 5.32 Å². The zero-order valence-corrected chi connectivity index (χ0v) is 14.7. The summed E-state index contributed by atoms with van der Waals surface area (Å²) in [5.41, 5.74) is 2.33. The van der Waals surface area contributed by atoms with Crippen molar-refractivity contribution in [2.75, 3.05) is 17.1 Å². The molecular weight excluding hydrogens is 345 g/mol. The summed E-state index contributed by atoms with van der Waals surface area (Å²) in [5, 5.41) is 2.28. The molecule has 2 aromatic rings. The minimum atomic E-state index is -3.91. The van der Waals surface area contributed by atoms with E-state index in [9.17, 15) is 17.6 Å². The van der Waals surface area contributed by atoms with Gasteiger partial charge in [-0.25, -0.2) is 12.8 Å². The number of anilines is 2. The third-order valence-electron chi connectivity index (χ3n) is 3.94. The molecule has 0 radical (unpaired) electrons. The number of rotatable bonds is 4.